The summed E-state index contributed by atoms with van der Waals surface area (Å²) >= 11 is 0. The number of carbonyl (C=O) groups is 2. The fourth-order valence-corrected chi connectivity index (χ4v) is 4.08. The highest BCUT2D eigenvalue weighted by atomic mass is 19.1. The number of amides is 2. The largest absolute Gasteiger partial charge is 0.454 e. The maximum Gasteiger partial charge on any atom is 0.309 e. The molecule has 2 aromatic carbocycles. The molecule has 4 rings (SSSR count). The highest BCUT2D eigenvalue weighted by molar-refractivity contribution is 6.35. The van der Waals surface area contributed by atoms with Gasteiger partial charge in [-0.05, 0) is 29.8 Å². The third kappa shape index (κ3) is 5.35. The summed E-state index contributed by atoms with van der Waals surface area (Å²) in [6.07, 6.45) is 0. The summed E-state index contributed by atoms with van der Waals surface area (Å²) < 4.78 is 25.1. The van der Waals surface area contributed by atoms with Crippen molar-refractivity contribution in [1.82, 2.24) is 15.5 Å². The van der Waals surface area contributed by atoms with Crippen molar-refractivity contribution in [3.63, 3.8) is 0 Å². The molecule has 176 valence electrons. The summed E-state index contributed by atoms with van der Waals surface area (Å²) in [6.45, 7) is 2.64. The molecule has 0 radical (unpaired) electrons. The molecule has 2 aliphatic heterocycles. The number of hydrogen-bond donors (Lipinski definition) is 3. The summed E-state index contributed by atoms with van der Waals surface area (Å²) in [5, 5.41) is 13.9. The first kappa shape index (κ1) is 22.8. The molecule has 3 N–H and O–H groups in total. The Morgan fingerprint density at radius 3 is 2.48 bits per heavy atom. The molecule has 1 fully saturated rings. The number of carbonyl (C=O) groups excluding carboxylic acids is 2. The summed E-state index contributed by atoms with van der Waals surface area (Å²) in [7, 11) is 0. The van der Waals surface area contributed by atoms with Crippen LogP contribution in [0.2, 0.25) is 0 Å². The predicted molar refractivity (Wildman–Crippen MR) is 119 cm³/mol. The Morgan fingerprint density at radius 2 is 1.73 bits per heavy atom. The molecule has 0 aromatic heterocycles. The number of ether oxygens (including phenoxy) is 2. The third-order valence-corrected chi connectivity index (χ3v) is 5.79. The zero-order valence-corrected chi connectivity index (χ0v) is 18.1. The number of rotatable bonds is 7. The van der Waals surface area contributed by atoms with Crippen LogP contribution in [0.4, 0.5) is 10.1 Å². The fourth-order valence-electron chi connectivity index (χ4n) is 4.08. The number of aliphatic hydroxyl groups excluding tert-OH is 1. The van der Waals surface area contributed by atoms with Gasteiger partial charge in [-0.3, -0.25) is 14.5 Å². The van der Waals surface area contributed by atoms with Crippen LogP contribution in [-0.4, -0.2) is 74.5 Å². The van der Waals surface area contributed by atoms with E-state index in [1.54, 1.807) is 12.1 Å². The molecule has 33 heavy (non-hydrogen) atoms. The lowest BCUT2D eigenvalue weighted by Gasteiger charge is -2.40. The van der Waals surface area contributed by atoms with Crippen molar-refractivity contribution in [2.24, 2.45) is 0 Å². The van der Waals surface area contributed by atoms with Crippen molar-refractivity contribution in [1.29, 1.82) is 0 Å². The number of aliphatic hydroxyl groups is 1. The van der Waals surface area contributed by atoms with E-state index in [4.69, 9.17) is 14.6 Å². The molecule has 0 saturated carbocycles. The van der Waals surface area contributed by atoms with E-state index in [-0.39, 0.29) is 38.3 Å². The highest BCUT2D eigenvalue weighted by Crippen LogP contribution is 2.35. The van der Waals surface area contributed by atoms with Crippen LogP contribution in [-0.2, 0) is 9.59 Å². The average Bonchev–Trinajstić information content (AvgIpc) is 3.31. The Balaban J connectivity index is 1.47. The van der Waals surface area contributed by atoms with E-state index in [2.05, 4.69) is 15.5 Å². The van der Waals surface area contributed by atoms with Crippen molar-refractivity contribution in [2.75, 3.05) is 57.6 Å². The molecule has 0 aliphatic carbocycles. The monoisotopic (exact) mass is 458 g/mol. The van der Waals surface area contributed by atoms with Crippen LogP contribution < -0.4 is 25.0 Å². The Labute approximate surface area is 191 Å². The zero-order valence-electron chi connectivity index (χ0n) is 18.1. The highest BCUT2D eigenvalue weighted by Gasteiger charge is 2.28. The van der Waals surface area contributed by atoms with Gasteiger partial charge in [0, 0.05) is 39.3 Å². The Kier molecular flexibility index (Phi) is 7.26. The predicted octanol–water partition coefficient (Wildman–Crippen LogP) is 0.642. The molecule has 2 aliphatic rings. The van der Waals surface area contributed by atoms with Crippen molar-refractivity contribution >= 4 is 17.5 Å². The number of hydrogen-bond acceptors (Lipinski definition) is 7. The topological polar surface area (TPSA) is 103 Å². The quantitative estimate of drug-likeness (QED) is 0.524. The lowest BCUT2D eigenvalue weighted by molar-refractivity contribution is -0.139. The Hall–Kier alpha value is -3.37. The standard InChI is InChI=1S/C23H27FN4O5/c24-17-3-1-2-4-18(17)27-8-10-28(11-9-27)19(14-26-23(31)22(30)25-7-12-29)16-5-6-20-21(13-16)33-15-32-20/h1-6,13,19,29H,7-12,14-15H2,(H,25,30)(H,26,31)/t19-/m0/s1. The number of benzene rings is 2. The molecule has 1 saturated heterocycles. The maximum absolute atomic E-state index is 14.2. The van der Waals surface area contributed by atoms with Gasteiger partial charge in [0.25, 0.3) is 0 Å². The molecule has 0 spiro atoms. The van der Waals surface area contributed by atoms with Gasteiger partial charge in [0.15, 0.2) is 11.5 Å². The van der Waals surface area contributed by atoms with Gasteiger partial charge in [0.05, 0.1) is 18.3 Å². The van der Waals surface area contributed by atoms with Gasteiger partial charge in [-0.2, -0.15) is 0 Å². The van der Waals surface area contributed by atoms with Gasteiger partial charge in [-0.1, -0.05) is 18.2 Å². The smallest absolute Gasteiger partial charge is 0.309 e. The number of anilines is 1. The van der Waals surface area contributed by atoms with E-state index in [0.29, 0.717) is 43.4 Å². The molecule has 0 unspecified atom stereocenters. The molecular weight excluding hydrogens is 431 g/mol. The Morgan fingerprint density at radius 1 is 1.00 bits per heavy atom. The first-order chi connectivity index (χ1) is 16.1. The van der Waals surface area contributed by atoms with E-state index >= 15 is 0 Å². The van der Waals surface area contributed by atoms with Crippen LogP contribution >= 0.6 is 0 Å². The molecular formula is C23H27FN4O5. The first-order valence-electron chi connectivity index (χ1n) is 10.9. The van der Waals surface area contributed by atoms with Crippen molar-refractivity contribution in [3.8, 4) is 11.5 Å². The second kappa shape index (κ2) is 10.5. The van der Waals surface area contributed by atoms with E-state index in [1.807, 2.05) is 29.2 Å². The van der Waals surface area contributed by atoms with Crippen LogP contribution in [0, 0.1) is 5.82 Å². The number of nitrogens with zero attached hydrogens (tertiary/aromatic N) is 2. The second-order valence-electron chi connectivity index (χ2n) is 7.79. The molecule has 10 heteroatoms. The van der Waals surface area contributed by atoms with Crippen molar-refractivity contribution in [3.05, 3.63) is 53.8 Å². The lowest BCUT2D eigenvalue weighted by Crippen LogP contribution is -2.51. The molecule has 2 heterocycles. The number of fused-ring (bicyclic) bond motifs is 1. The zero-order chi connectivity index (χ0) is 23.2. The van der Waals surface area contributed by atoms with E-state index < -0.39 is 11.8 Å². The number of nitrogens with one attached hydrogen (secondary N) is 2. The van der Waals surface area contributed by atoms with Crippen molar-refractivity contribution < 1.29 is 28.6 Å². The van der Waals surface area contributed by atoms with Gasteiger partial charge >= 0.3 is 11.8 Å². The van der Waals surface area contributed by atoms with Crippen LogP contribution in [0.15, 0.2) is 42.5 Å². The minimum absolute atomic E-state index is 0.00977. The van der Waals surface area contributed by atoms with Gasteiger partial charge in [0.1, 0.15) is 5.82 Å². The van der Waals surface area contributed by atoms with Gasteiger partial charge in [-0.15, -0.1) is 0 Å². The Bertz CT molecular complexity index is 997. The minimum Gasteiger partial charge on any atom is -0.454 e. The number of halogens is 1. The van der Waals surface area contributed by atoms with Gasteiger partial charge in [0.2, 0.25) is 6.79 Å². The average molecular weight is 458 g/mol. The molecule has 9 nitrogen and oxygen atoms in total. The second-order valence-corrected chi connectivity index (χ2v) is 7.79. The van der Waals surface area contributed by atoms with E-state index in [0.717, 1.165) is 5.56 Å². The van der Waals surface area contributed by atoms with Gasteiger partial charge < -0.3 is 30.1 Å². The lowest BCUT2D eigenvalue weighted by atomic mass is 10.0. The van der Waals surface area contributed by atoms with Crippen LogP contribution in [0.1, 0.15) is 11.6 Å². The van der Waals surface area contributed by atoms with Crippen LogP contribution in [0.3, 0.4) is 0 Å². The fraction of sp³-hybridized carbons (Fsp3) is 0.391. The van der Waals surface area contributed by atoms with E-state index in [1.165, 1.54) is 6.07 Å². The SMILES string of the molecule is O=C(NCCO)C(=O)NC[C@@H](c1ccc2c(c1)OCO2)N1CCN(c2ccccc2F)CC1. The molecule has 2 amide bonds. The maximum atomic E-state index is 14.2. The number of piperazine rings is 1. The minimum atomic E-state index is -0.794. The first-order valence-corrected chi connectivity index (χ1v) is 10.9. The van der Waals surface area contributed by atoms with Crippen molar-refractivity contribution in [2.45, 2.75) is 6.04 Å². The van der Waals surface area contributed by atoms with Crippen LogP contribution in [0.25, 0.3) is 0 Å². The normalized spacial score (nSPS) is 16.4. The third-order valence-electron chi connectivity index (χ3n) is 5.79. The molecule has 2 aromatic rings. The summed E-state index contributed by atoms with van der Waals surface area (Å²) in [6, 6.07) is 12.1. The van der Waals surface area contributed by atoms with Gasteiger partial charge in [-0.25, -0.2) is 4.39 Å². The summed E-state index contributed by atoms with van der Waals surface area (Å²) in [5.41, 5.74) is 1.49. The number of para-hydroxylation sites is 1. The van der Waals surface area contributed by atoms with Crippen LogP contribution in [0.5, 0.6) is 11.5 Å². The summed E-state index contributed by atoms with van der Waals surface area (Å²) in [5.74, 6) is -0.514. The summed E-state index contributed by atoms with van der Waals surface area (Å²) in [4.78, 5) is 28.3. The molecule has 1 atom stereocenters. The molecule has 0 bridgehead atoms. The van der Waals surface area contributed by atoms with E-state index in [9.17, 15) is 14.0 Å².